The lowest BCUT2D eigenvalue weighted by Crippen LogP contribution is -2.41. The Labute approximate surface area is 81.9 Å². The molecular weight excluding hydrogens is 166 g/mol. The molecule has 1 aliphatic heterocycles. The largest absolute Gasteiger partial charge is 0.301 e. The zero-order valence-electron chi connectivity index (χ0n) is 8.29. The fraction of sp³-hybridized carbons (Fsp3) is 1.00. The normalized spacial score (nSPS) is 32.2. The fourth-order valence-corrected chi connectivity index (χ4v) is 2.31. The highest BCUT2D eigenvalue weighted by Crippen LogP contribution is 2.21. The van der Waals surface area contributed by atoms with Gasteiger partial charge in [0.15, 0.2) is 0 Å². The molecule has 2 heteroatoms. The van der Waals surface area contributed by atoms with Crippen LogP contribution >= 0.6 is 12.6 Å². The highest BCUT2D eigenvalue weighted by molar-refractivity contribution is 7.80. The third-order valence-corrected chi connectivity index (χ3v) is 3.25. The summed E-state index contributed by atoms with van der Waals surface area (Å²) in [6.45, 7) is 7.14. The second kappa shape index (κ2) is 5.13. The van der Waals surface area contributed by atoms with Crippen LogP contribution in [0.5, 0.6) is 0 Å². The molecule has 1 heterocycles. The van der Waals surface area contributed by atoms with Crippen LogP contribution in [0.2, 0.25) is 0 Å². The molecule has 1 fully saturated rings. The molecule has 72 valence electrons. The summed E-state index contributed by atoms with van der Waals surface area (Å²) in [5, 5.41) is 0.651. The van der Waals surface area contributed by atoms with E-state index in [1.54, 1.807) is 0 Å². The van der Waals surface area contributed by atoms with E-state index in [0.717, 1.165) is 6.04 Å². The van der Waals surface area contributed by atoms with Gasteiger partial charge in [-0.2, -0.15) is 12.6 Å². The molecule has 0 N–H and O–H groups in total. The number of thiol groups is 1. The molecule has 0 aromatic carbocycles. The summed E-state index contributed by atoms with van der Waals surface area (Å²) in [5.41, 5.74) is 0. The Hall–Kier alpha value is 0.310. The minimum Gasteiger partial charge on any atom is -0.301 e. The van der Waals surface area contributed by atoms with Crippen molar-refractivity contribution in [1.29, 1.82) is 0 Å². The molecule has 1 rings (SSSR count). The Morgan fingerprint density at radius 2 is 2.25 bits per heavy atom. The van der Waals surface area contributed by atoms with Gasteiger partial charge in [0.2, 0.25) is 0 Å². The van der Waals surface area contributed by atoms with Crippen LogP contribution in [0.4, 0.5) is 0 Å². The Kier molecular flexibility index (Phi) is 4.44. The number of likely N-dealkylation sites (tertiary alicyclic amines) is 1. The first-order valence-electron chi connectivity index (χ1n) is 5.16. The van der Waals surface area contributed by atoms with Crippen molar-refractivity contribution in [3.63, 3.8) is 0 Å². The summed E-state index contributed by atoms with van der Waals surface area (Å²) in [6, 6.07) is 0.757. The van der Waals surface area contributed by atoms with Gasteiger partial charge in [0.1, 0.15) is 0 Å². The van der Waals surface area contributed by atoms with Crippen LogP contribution < -0.4 is 0 Å². The van der Waals surface area contributed by atoms with Crippen molar-refractivity contribution in [3.05, 3.63) is 0 Å². The number of rotatable bonds is 3. The van der Waals surface area contributed by atoms with Crippen molar-refractivity contribution in [2.24, 2.45) is 0 Å². The summed E-state index contributed by atoms with van der Waals surface area (Å²) in [4.78, 5) is 2.61. The predicted octanol–water partition coefficient (Wildman–Crippen LogP) is 2.57. The molecule has 2 atom stereocenters. The maximum Gasteiger partial charge on any atom is 0.00773 e. The van der Waals surface area contributed by atoms with Gasteiger partial charge in [-0.1, -0.05) is 13.3 Å². The molecule has 1 aliphatic rings. The maximum absolute atomic E-state index is 4.53. The monoisotopic (exact) mass is 187 g/mol. The van der Waals surface area contributed by atoms with Crippen molar-refractivity contribution in [2.75, 3.05) is 13.1 Å². The Balaban J connectivity index is 2.25. The Bertz CT molecular complexity index is 125. The van der Waals surface area contributed by atoms with Crippen molar-refractivity contribution in [2.45, 2.75) is 50.8 Å². The standard InChI is InChI=1S/C10H21NS/c1-3-4-6-11-7-5-10(12)8-9(11)2/h9-10,12H,3-8H2,1-2H3. The summed E-state index contributed by atoms with van der Waals surface area (Å²) in [7, 11) is 0. The van der Waals surface area contributed by atoms with Gasteiger partial charge in [-0.15, -0.1) is 0 Å². The fourth-order valence-electron chi connectivity index (χ4n) is 1.89. The van der Waals surface area contributed by atoms with Gasteiger partial charge in [0, 0.05) is 11.3 Å². The van der Waals surface area contributed by atoms with Crippen molar-refractivity contribution < 1.29 is 0 Å². The van der Waals surface area contributed by atoms with E-state index in [9.17, 15) is 0 Å². The molecule has 0 radical (unpaired) electrons. The third kappa shape index (κ3) is 2.98. The molecule has 12 heavy (non-hydrogen) atoms. The van der Waals surface area contributed by atoms with Gasteiger partial charge < -0.3 is 4.90 Å². The number of hydrogen-bond acceptors (Lipinski definition) is 2. The average molecular weight is 187 g/mol. The lowest BCUT2D eigenvalue weighted by atomic mass is 10.0. The second-order valence-electron chi connectivity index (χ2n) is 3.92. The highest BCUT2D eigenvalue weighted by Gasteiger charge is 2.22. The number of unbranched alkanes of at least 4 members (excludes halogenated alkanes) is 1. The summed E-state index contributed by atoms with van der Waals surface area (Å²) < 4.78 is 0. The topological polar surface area (TPSA) is 3.24 Å². The van der Waals surface area contributed by atoms with Gasteiger partial charge >= 0.3 is 0 Å². The Morgan fingerprint density at radius 3 is 2.83 bits per heavy atom. The molecule has 2 unspecified atom stereocenters. The molecule has 0 aromatic rings. The van der Waals surface area contributed by atoms with Crippen LogP contribution in [0.15, 0.2) is 0 Å². The molecule has 1 saturated heterocycles. The zero-order chi connectivity index (χ0) is 8.97. The second-order valence-corrected chi connectivity index (χ2v) is 4.65. The summed E-state index contributed by atoms with van der Waals surface area (Å²) in [6.07, 6.45) is 5.21. The van der Waals surface area contributed by atoms with E-state index in [-0.39, 0.29) is 0 Å². The average Bonchev–Trinajstić information content (AvgIpc) is 2.03. The molecule has 0 amide bonds. The lowest BCUT2D eigenvalue weighted by molar-refractivity contribution is 0.163. The number of hydrogen-bond donors (Lipinski definition) is 1. The quantitative estimate of drug-likeness (QED) is 0.665. The zero-order valence-corrected chi connectivity index (χ0v) is 9.19. The maximum atomic E-state index is 4.53. The lowest BCUT2D eigenvalue weighted by Gasteiger charge is -2.36. The SMILES string of the molecule is CCCCN1CCC(S)CC1C. The van der Waals surface area contributed by atoms with Crippen LogP contribution in [0.25, 0.3) is 0 Å². The number of nitrogens with zero attached hydrogens (tertiary/aromatic N) is 1. The van der Waals surface area contributed by atoms with E-state index in [2.05, 4.69) is 31.4 Å². The molecule has 0 bridgehead atoms. The number of piperidine rings is 1. The first kappa shape index (κ1) is 10.4. The van der Waals surface area contributed by atoms with Crippen molar-refractivity contribution in [3.8, 4) is 0 Å². The minimum absolute atomic E-state index is 0.651. The van der Waals surface area contributed by atoms with Gasteiger partial charge in [0.25, 0.3) is 0 Å². The molecule has 1 nitrogen and oxygen atoms in total. The molecule has 0 aromatic heterocycles. The predicted molar refractivity (Wildman–Crippen MR) is 58.0 cm³/mol. The van der Waals surface area contributed by atoms with Gasteiger partial charge in [0.05, 0.1) is 0 Å². The van der Waals surface area contributed by atoms with Crippen LogP contribution in [-0.4, -0.2) is 29.3 Å². The molecule has 0 saturated carbocycles. The minimum atomic E-state index is 0.651. The summed E-state index contributed by atoms with van der Waals surface area (Å²) >= 11 is 4.53. The van der Waals surface area contributed by atoms with Crippen LogP contribution in [0.3, 0.4) is 0 Å². The van der Waals surface area contributed by atoms with Crippen LogP contribution in [0, 0.1) is 0 Å². The van der Waals surface area contributed by atoms with E-state index in [1.807, 2.05) is 0 Å². The van der Waals surface area contributed by atoms with Crippen molar-refractivity contribution >= 4 is 12.6 Å². The van der Waals surface area contributed by atoms with E-state index in [4.69, 9.17) is 0 Å². The Morgan fingerprint density at radius 1 is 1.50 bits per heavy atom. The first-order chi connectivity index (χ1) is 5.74. The van der Waals surface area contributed by atoms with Crippen molar-refractivity contribution in [1.82, 2.24) is 4.90 Å². The highest BCUT2D eigenvalue weighted by atomic mass is 32.1. The van der Waals surface area contributed by atoms with Gasteiger partial charge in [-0.3, -0.25) is 0 Å². The van der Waals surface area contributed by atoms with E-state index in [0.29, 0.717) is 5.25 Å². The smallest absolute Gasteiger partial charge is 0.00773 e. The van der Waals surface area contributed by atoms with Crippen LogP contribution in [0.1, 0.15) is 39.5 Å². The van der Waals surface area contributed by atoms with Gasteiger partial charge in [-0.05, 0) is 39.3 Å². The van der Waals surface area contributed by atoms with Crippen LogP contribution in [-0.2, 0) is 0 Å². The summed E-state index contributed by atoms with van der Waals surface area (Å²) in [5.74, 6) is 0. The van der Waals surface area contributed by atoms with E-state index >= 15 is 0 Å². The molecule has 0 aliphatic carbocycles. The first-order valence-corrected chi connectivity index (χ1v) is 5.67. The molecular formula is C10H21NS. The van der Waals surface area contributed by atoms with Gasteiger partial charge in [-0.25, -0.2) is 0 Å². The van der Waals surface area contributed by atoms with E-state index in [1.165, 1.54) is 38.8 Å². The third-order valence-electron chi connectivity index (χ3n) is 2.78. The van der Waals surface area contributed by atoms with E-state index < -0.39 is 0 Å². The molecule has 0 spiro atoms.